The Balaban J connectivity index is 1.84. The third-order valence-corrected chi connectivity index (χ3v) is 3.90. The molecule has 1 saturated heterocycles. The van der Waals surface area contributed by atoms with Crippen LogP contribution in [0.1, 0.15) is 30.1 Å². The lowest BCUT2D eigenvalue weighted by atomic mass is 10.1. The van der Waals surface area contributed by atoms with Crippen LogP contribution in [0.3, 0.4) is 0 Å². The van der Waals surface area contributed by atoms with E-state index in [9.17, 15) is 9.59 Å². The van der Waals surface area contributed by atoms with E-state index in [1.165, 1.54) is 6.92 Å². The van der Waals surface area contributed by atoms with Gasteiger partial charge in [0.15, 0.2) is 5.78 Å². The van der Waals surface area contributed by atoms with E-state index >= 15 is 0 Å². The van der Waals surface area contributed by atoms with Crippen LogP contribution in [0, 0.1) is 0 Å². The highest BCUT2D eigenvalue weighted by molar-refractivity contribution is 5.96. The van der Waals surface area contributed by atoms with Crippen molar-refractivity contribution >= 4 is 17.4 Å². The summed E-state index contributed by atoms with van der Waals surface area (Å²) in [6.07, 6.45) is 2.16. The summed E-state index contributed by atoms with van der Waals surface area (Å²) >= 11 is 0. The van der Waals surface area contributed by atoms with Gasteiger partial charge in [-0.3, -0.25) is 14.5 Å². The van der Waals surface area contributed by atoms with Crippen molar-refractivity contribution in [1.82, 2.24) is 10.2 Å². The molecule has 0 radical (unpaired) electrons. The fourth-order valence-electron chi connectivity index (χ4n) is 2.59. The molecule has 1 amide bonds. The number of likely N-dealkylation sites (N-methyl/N-ethyl adjacent to an activating group) is 1. The molecule has 5 nitrogen and oxygen atoms in total. The molecule has 114 valence electrons. The minimum atomic E-state index is -0.0217. The van der Waals surface area contributed by atoms with Gasteiger partial charge in [-0.05, 0) is 64.2 Å². The Kier molecular flexibility index (Phi) is 5.47. The fourth-order valence-corrected chi connectivity index (χ4v) is 2.59. The number of ketones is 1. The number of benzene rings is 1. The first-order valence-electron chi connectivity index (χ1n) is 7.38. The Hall–Kier alpha value is -1.72. The molecule has 1 aromatic rings. The average molecular weight is 289 g/mol. The summed E-state index contributed by atoms with van der Waals surface area (Å²) in [6, 6.07) is 7.46. The summed E-state index contributed by atoms with van der Waals surface area (Å²) in [6.45, 7) is 3.95. The summed E-state index contributed by atoms with van der Waals surface area (Å²) < 4.78 is 0. The Morgan fingerprint density at radius 2 is 1.86 bits per heavy atom. The van der Waals surface area contributed by atoms with Crippen molar-refractivity contribution < 1.29 is 9.59 Å². The van der Waals surface area contributed by atoms with Crippen molar-refractivity contribution in [3.05, 3.63) is 29.8 Å². The molecule has 21 heavy (non-hydrogen) atoms. The zero-order chi connectivity index (χ0) is 15.2. The van der Waals surface area contributed by atoms with Crippen LogP contribution < -0.4 is 10.6 Å². The van der Waals surface area contributed by atoms with Crippen LogP contribution in [0.5, 0.6) is 0 Å². The van der Waals surface area contributed by atoms with Gasteiger partial charge in [-0.25, -0.2) is 0 Å². The first-order valence-corrected chi connectivity index (χ1v) is 7.38. The predicted molar refractivity (Wildman–Crippen MR) is 83.6 cm³/mol. The van der Waals surface area contributed by atoms with Crippen molar-refractivity contribution in [2.75, 3.05) is 32.0 Å². The lowest BCUT2D eigenvalue weighted by molar-refractivity contribution is -0.117. The van der Waals surface area contributed by atoms with Crippen molar-refractivity contribution in [2.45, 2.75) is 25.8 Å². The van der Waals surface area contributed by atoms with Crippen LogP contribution in [-0.2, 0) is 4.79 Å². The number of rotatable bonds is 5. The molecule has 0 aromatic heterocycles. The lowest BCUT2D eigenvalue weighted by Crippen LogP contribution is -2.44. The molecule has 2 rings (SSSR count). The molecule has 5 heteroatoms. The van der Waals surface area contributed by atoms with Crippen LogP contribution >= 0.6 is 0 Å². The summed E-state index contributed by atoms with van der Waals surface area (Å²) in [7, 11) is 1.99. The molecule has 0 saturated carbocycles. The van der Waals surface area contributed by atoms with Crippen molar-refractivity contribution in [3.63, 3.8) is 0 Å². The molecule has 0 spiro atoms. The molecule has 1 aliphatic rings. The number of nitrogens with one attached hydrogen (secondary N) is 2. The summed E-state index contributed by atoms with van der Waals surface area (Å²) in [4.78, 5) is 25.4. The first kappa shape index (κ1) is 15.7. The molecule has 2 N–H and O–H groups in total. The Labute approximate surface area is 125 Å². The van der Waals surface area contributed by atoms with Gasteiger partial charge in [-0.1, -0.05) is 0 Å². The lowest BCUT2D eigenvalue weighted by Gasteiger charge is -2.31. The highest BCUT2D eigenvalue weighted by Gasteiger charge is 2.19. The molecular weight excluding hydrogens is 266 g/mol. The number of amides is 1. The maximum Gasteiger partial charge on any atom is 0.238 e. The van der Waals surface area contributed by atoms with E-state index in [1.807, 2.05) is 7.05 Å². The Morgan fingerprint density at radius 1 is 1.24 bits per heavy atom. The van der Waals surface area contributed by atoms with Gasteiger partial charge >= 0.3 is 0 Å². The molecule has 0 atom stereocenters. The number of carbonyl (C=O) groups is 2. The SMILES string of the molecule is CC(=O)c1ccc(NC(=O)CN(C)C2CCNCC2)cc1. The summed E-state index contributed by atoms with van der Waals surface area (Å²) in [5.74, 6) is 0.00475. The van der Waals surface area contributed by atoms with Crippen LogP contribution in [0.4, 0.5) is 5.69 Å². The predicted octanol–water partition coefficient (Wildman–Crippen LogP) is 1.51. The van der Waals surface area contributed by atoms with Crippen LogP contribution in [0.25, 0.3) is 0 Å². The van der Waals surface area contributed by atoms with Gasteiger partial charge in [-0.2, -0.15) is 0 Å². The summed E-state index contributed by atoms with van der Waals surface area (Å²) in [5, 5.41) is 6.19. The van der Waals surface area contributed by atoms with Crippen LogP contribution in [-0.4, -0.2) is 49.3 Å². The molecule has 0 aliphatic carbocycles. The minimum absolute atomic E-state index is 0.0217. The van der Waals surface area contributed by atoms with Gasteiger partial charge in [0.1, 0.15) is 0 Å². The quantitative estimate of drug-likeness (QED) is 0.807. The molecule has 1 fully saturated rings. The molecule has 0 unspecified atom stereocenters. The number of hydrogen-bond donors (Lipinski definition) is 2. The van der Waals surface area contributed by atoms with E-state index in [0.717, 1.165) is 31.6 Å². The van der Waals surface area contributed by atoms with Crippen molar-refractivity contribution in [1.29, 1.82) is 0 Å². The molecule has 1 aliphatic heterocycles. The normalized spacial score (nSPS) is 16.0. The second-order valence-electron chi connectivity index (χ2n) is 5.58. The van der Waals surface area contributed by atoms with Gasteiger partial charge in [0.05, 0.1) is 6.54 Å². The van der Waals surface area contributed by atoms with E-state index in [4.69, 9.17) is 0 Å². The van der Waals surface area contributed by atoms with Gasteiger partial charge in [-0.15, -0.1) is 0 Å². The highest BCUT2D eigenvalue weighted by atomic mass is 16.2. The molecule has 0 bridgehead atoms. The maximum atomic E-state index is 12.0. The van der Waals surface area contributed by atoms with E-state index < -0.39 is 0 Å². The largest absolute Gasteiger partial charge is 0.325 e. The van der Waals surface area contributed by atoms with E-state index in [-0.39, 0.29) is 11.7 Å². The third-order valence-electron chi connectivity index (χ3n) is 3.90. The van der Waals surface area contributed by atoms with Gasteiger partial charge in [0.25, 0.3) is 0 Å². The first-order chi connectivity index (χ1) is 10.1. The summed E-state index contributed by atoms with van der Waals surface area (Å²) in [5.41, 5.74) is 1.38. The minimum Gasteiger partial charge on any atom is -0.325 e. The zero-order valence-corrected chi connectivity index (χ0v) is 12.7. The third kappa shape index (κ3) is 4.65. The Morgan fingerprint density at radius 3 is 2.43 bits per heavy atom. The number of carbonyl (C=O) groups excluding carboxylic acids is 2. The van der Waals surface area contributed by atoms with E-state index in [0.29, 0.717) is 18.2 Å². The van der Waals surface area contributed by atoms with Crippen LogP contribution in [0.15, 0.2) is 24.3 Å². The van der Waals surface area contributed by atoms with Crippen molar-refractivity contribution in [2.24, 2.45) is 0 Å². The highest BCUT2D eigenvalue weighted by Crippen LogP contribution is 2.12. The second-order valence-corrected chi connectivity index (χ2v) is 5.58. The van der Waals surface area contributed by atoms with Crippen molar-refractivity contribution in [3.8, 4) is 0 Å². The van der Waals surface area contributed by atoms with Crippen LogP contribution in [0.2, 0.25) is 0 Å². The monoisotopic (exact) mass is 289 g/mol. The second kappa shape index (κ2) is 7.33. The Bertz CT molecular complexity index is 493. The zero-order valence-electron chi connectivity index (χ0n) is 12.7. The number of hydrogen-bond acceptors (Lipinski definition) is 4. The van der Waals surface area contributed by atoms with Gasteiger partial charge in [0, 0.05) is 17.3 Å². The molecular formula is C16H23N3O2. The van der Waals surface area contributed by atoms with Gasteiger partial charge < -0.3 is 10.6 Å². The van der Waals surface area contributed by atoms with Gasteiger partial charge in [0.2, 0.25) is 5.91 Å². The topological polar surface area (TPSA) is 61.4 Å². The fraction of sp³-hybridized carbons (Fsp3) is 0.500. The average Bonchev–Trinajstić information content (AvgIpc) is 2.48. The standard InChI is InChI=1S/C16H23N3O2/c1-12(20)13-3-5-14(6-4-13)18-16(21)11-19(2)15-7-9-17-10-8-15/h3-6,15,17H,7-11H2,1-2H3,(H,18,21). The molecule has 1 heterocycles. The number of nitrogens with zero attached hydrogens (tertiary/aromatic N) is 1. The smallest absolute Gasteiger partial charge is 0.238 e. The number of anilines is 1. The van der Waals surface area contributed by atoms with E-state index in [1.54, 1.807) is 24.3 Å². The number of Topliss-reactive ketones (excluding diaryl/α,β-unsaturated/α-hetero) is 1. The maximum absolute atomic E-state index is 12.0. The van der Waals surface area contributed by atoms with E-state index in [2.05, 4.69) is 15.5 Å². The number of piperidine rings is 1. The molecule has 1 aromatic carbocycles.